The number of aromatic nitrogens is 1. The fourth-order valence-electron chi connectivity index (χ4n) is 7.11. The van der Waals surface area contributed by atoms with Crippen molar-refractivity contribution < 1.29 is 4.42 Å². The number of furan rings is 1. The van der Waals surface area contributed by atoms with E-state index >= 15 is 0 Å². The molecule has 216 valence electrons. The summed E-state index contributed by atoms with van der Waals surface area (Å²) in [5, 5.41) is 7.44. The minimum atomic E-state index is 0.319. The first kappa shape index (κ1) is 25.8. The SMILES string of the molecule is c1ccc(-n2c3ccccc3c3ccc(N(c4ccc5oc6ccccc6c5c4)c4ccc5[se]c6ccccc6c5c4)cc32)cc1. The first-order valence-electron chi connectivity index (χ1n) is 15.5. The normalized spacial score (nSPS) is 11.9. The number of benzene rings is 7. The molecule has 0 saturated heterocycles. The Balaban J connectivity index is 1.26. The Morgan fingerprint density at radius 1 is 0.413 bits per heavy atom. The second kappa shape index (κ2) is 9.98. The van der Waals surface area contributed by atoms with Crippen LogP contribution in [0.25, 0.3) is 68.7 Å². The monoisotopic (exact) mass is 654 g/mol. The third-order valence-corrected chi connectivity index (χ3v) is 11.6. The molecule has 3 nitrogen and oxygen atoms in total. The van der Waals surface area contributed by atoms with E-state index in [1.807, 2.05) is 12.1 Å². The van der Waals surface area contributed by atoms with E-state index in [0.29, 0.717) is 14.5 Å². The van der Waals surface area contributed by atoms with Crippen LogP contribution in [-0.2, 0) is 0 Å². The van der Waals surface area contributed by atoms with Crippen LogP contribution in [0.5, 0.6) is 0 Å². The zero-order chi connectivity index (χ0) is 30.2. The van der Waals surface area contributed by atoms with E-state index in [4.69, 9.17) is 4.42 Å². The Kier molecular flexibility index (Phi) is 5.59. The third kappa shape index (κ3) is 3.85. The van der Waals surface area contributed by atoms with Crippen LogP contribution in [0.3, 0.4) is 0 Å². The summed E-state index contributed by atoms with van der Waals surface area (Å²) in [5.41, 5.74) is 8.69. The van der Waals surface area contributed by atoms with Gasteiger partial charge in [-0.05, 0) is 0 Å². The number of para-hydroxylation sites is 3. The topological polar surface area (TPSA) is 21.3 Å². The Hall–Kier alpha value is -5.54. The van der Waals surface area contributed by atoms with Gasteiger partial charge in [-0.1, -0.05) is 6.07 Å². The molecule has 3 heterocycles. The van der Waals surface area contributed by atoms with Crippen LogP contribution in [0, 0.1) is 0 Å². The van der Waals surface area contributed by atoms with Crippen molar-refractivity contribution in [1.29, 1.82) is 0 Å². The van der Waals surface area contributed by atoms with Gasteiger partial charge in [0.05, 0.1) is 0 Å². The molecule has 0 amide bonds. The summed E-state index contributed by atoms with van der Waals surface area (Å²) >= 11 is 0.319. The second-order valence-electron chi connectivity index (χ2n) is 11.8. The molecule has 3 aromatic heterocycles. The quantitative estimate of drug-likeness (QED) is 0.176. The Morgan fingerprint density at radius 3 is 1.91 bits per heavy atom. The molecule has 0 aliphatic carbocycles. The molecule has 0 fully saturated rings. The first-order valence-corrected chi connectivity index (χ1v) is 17.2. The molecule has 0 unspecified atom stereocenters. The minimum absolute atomic E-state index is 0.319. The molecule has 46 heavy (non-hydrogen) atoms. The van der Waals surface area contributed by atoms with Crippen LogP contribution in [-0.4, -0.2) is 19.1 Å². The molecule has 10 aromatic rings. The molecule has 0 atom stereocenters. The molecule has 10 rings (SSSR count). The molecule has 0 aliphatic rings. The summed E-state index contributed by atoms with van der Waals surface area (Å²) in [6, 6.07) is 57.1. The van der Waals surface area contributed by atoms with E-state index in [0.717, 1.165) is 44.7 Å². The van der Waals surface area contributed by atoms with Crippen molar-refractivity contribution in [2.75, 3.05) is 4.90 Å². The van der Waals surface area contributed by atoms with Gasteiger partial charge < -0.3 is 0 Å². The molecule has 0 radical (unpaired) electrons. The van der Waals surface area contributed by atoms with E-state index in [1.165, 1.54) is 41.1 Å². The summed E-state index contributed by atoms with van der Waals surface area (Å²) in [4.78, 5) is 2.40. The van der Waals surface area contributed by atoms with E-state index in [1.54, 1.807) is 0 Å². The Morgan fingerprint density at radius 2 is 1.02 bits per heavy atom. The van der Waals surface area contributed by atoms with E-state index in [2.05, 4.69) is 155 Å². The maximum absolute atomic E-state index is 6.23. The van der Waals surface area contributed by atoms with Gasteiger partial charge in [0.1, 0.15) is 0 Å². The van der Waals surface area contributed by atoms with Gasteiger partial charge in [0.25, 0.3) is 0 Å². The number of anilines is 3. The third-order valence-electron chi connectivity index (χ3n) is 9.17. The van der Waals surface area contributed by atoms with Crippen molar-refractivity contribution in [3.63, 3.8) is 0 Å². The zero-order valence-corrected chi connectivity index (χ0v) is 26.4. The second-order valence-corrected chi connectivity index (χ2v) is 14.1. The van der Waals surface area contributed by atoms with E-state index in [-0.39, 0.29) is 0 Å². The van der Waals surface area contributed by atoms with Crippen molar-refractivity contribution in [2.24, 2.45) is 0 Å². The van der Waals surface area contributed by atoms with Crippen molar-refractivity contribution in [3.8, 4) is 5.69 Å². The van der Waals surface area contributed by atoms with Crippen LogP contribution in [0.4, 0.5) is 17.1 Å². The van der Waals surface area contributed by atoms with Gasteiger partial charge in [-0.25, -0.2) is 0 Å². The predicted octanol–water partition coefficient (Wildman–Crippen LogP) is 11.5. The Labute approximate surface area is 270 Å². The van der Waals surface area contributed by atoms with Crippen molar-refractivity contribution >= 4 is 94.6 Å². The molecule has 7 aromatic carbocycles. The zero-order valence-electron chi connectivity index (χ0n) is 24.7. The molecule has 0 N–H and O–H groups in total. The van der Waals surface area contributed by atoms with Crippen molar-refractivity contribution in [1.82, 2.24) is 4.57 Å². The first-order chi connectivity index (χ1) is 22.8. The van der Waals surface area contributed by atoms with Crippen LogP contribution in [0.1, 0.15) is 0 Å². The molecular formula is C42H26N2OSe. The van der Waals surface area contributed by atoms with Gasteiger partial charge in [-0.15, -0.1) is 0 Å². The summed E-state index contributed by atoms with van der Waals surface area (Å²) < 4.78 is 11.5. The van der Waals surface area contributed by atoms with Gasteiger partial charge >= 0.3 is 266 Å². The van der Waals surface area contributed by atoms with Gasteiger partial charge in [0.15, 0.2) is 0 Å². The van der Waals surface area contributed by atoms with Crippen LogP contribution in [0.2, 0.25) is 0 Å². The van der Waals surface area contributed by atoms with Crippen molar-refractivity contribution in [2.45, 2.75) is 0 Å². The van der Waals surface area contributed by atoms with Crippen LogP contribution in [0.15, 0.2) is 162 Å². The molecule has 0 spiro atoms. The average Bonchev–Trinajstić information content (AvgIpc) is 3.78. The Bertz CT molecular complexity index is 2650. The number of hydrogen-bond acceptors (Lipinski definition) is 2. The van der Waals surface area contributed by atoms with E-state index < -0.39 is 0 Å². The summed E-state index contributed by atoms with van der Waals surface area (Å²) in [7, 11) is 0. The number of nitrogens with zero attached hydrogens (tertiary/aromatic N) is 2. The number of hydrogen-bond donors (Lipinski definition) is 0. The van der Waals surface area contributed by atoms with Crippen LogP contribution >= 0.6 is 0 Å². The van der Waals surface area contributed by atoms with Crippen molar-refractivity contribution in [3.05, 3.63) is 158 Å². The average molecular weight is 654 g/mol. The van der Waals surface area contributed by atoms with Gasteiger partial charge in [-0.2, -0.15) is 0 Å². The molecule has 4 heteroatoms. The van der Waals surface area contributed by atoms with E-state index in [9.17, 15) is 0 Å². The summed E-state index contributed by atoms with van der Waals surface area (Å²) in [6.07, 6.45) is 0. The van der Waals surface area contributed by atoms with Gasteiger partial charge in [-0.3, -0.25) is 0 Å². The number of rotatable bonds is 4. The van der Waals surface area contributed by atoms with Crippen LogP contribution < -0.4 is 4.90 Å². The molecular weight excluding hydrogens is 627 g/mol. The fourth-order valence-corrected chi connectivity index (χ4v) is 9.39. The summed E-state index contributed by atoms with van der Waals surface area (Å²) in [5.74, 6) is 0. The van der Waals surface area contributed by atoms with Gasteiger partial charge in [0, 0.05) is 0 Å². The standard InChI is InChI=1S/C42H26N2OSe/c1-2-10-27(11-3-1)44-37-15-7-4-12-31(37)32-21-18-30(26-38(32)44)43(28-19-22-40-35(24-28)33-13-5-8-16-39(33)45-40)29-20-23-42-36(25-29)34-14-6-9-17-41(34)46-42/h1-26H. The summed E-state index contributed by atoms with van der Waals surface area (Å²) in [6.45, 7) is 0. The molecule has 0 saturated carbocycles. The maximum atomic E-state index is 6.23. The van der Waals surface area contributed by atoms with Gasteiger partial charge in [0.2, 0.25) is 0 Å². The predicted molar refractivity (Wildman–Crippen MR) is 195 cm³/mol. The fraction of sp³-hybridized carbons (Fsp3) is 0. The molecule has 0 bridgehead atoms. The number of fused-ring (bicyclic) bond motifs is 9. The molecule has 0 aliphatic heterocycles.